The van der Waals surface area contributed by atoms with Crippen LogP contribution in [0.5, 0.6) is 0 Å². The van der Waals surface area contributed by atoms with Gasteiger partial charge in [0.25, 0.3) is 11.8 Å². The molecule has 0 saturated carbocycles. The van der Waals surface area contributed by atoms with Crippen LogP contribution < -0.4 is 9.80 Å². The predicted octanol–water partition coefficient (Wildman–Crippen LogP) is 6.00. The largest absolute Gasteiger partial charge is 0.336 e. The Morgan fingerprint density at radius 2 is 1.61 bits per heavy atom. The average molecular weight is 457 g/mol. The number of carbonyl (C=O) groups is 2. The Hall–Kier alpha value is -3.37. The van der Waals surface area contributed by atoms with Crippen LogP contribution in [0.2, 0.25) is 5.02 Å². The van der Waals surface area contributed by atoms with Crippen molar-refractivity contribution in [2.75, 3.05) is 16.3 Å². The minimum Gasteiger partial charge on any atom is -0.336 e. The fourth-order valence-corrected chi connectivity index (χ4v) is 5.10. The summed E-state index contributed by atoms with van der Waals surface area (Å²) >= 11 is 6.36. The van der Waals surface area contributed by atoms with Gasteiger partial charge < -0.3 is 4.90 Å². The number of nitrogens with zero attached hydrogens (tertiary/aromatic N) is 2. The van der Waals surface area contributed by atoms with Gasteiger partial charge in [0.1, 0.15) is 5.70 Å². The van der Waals surface area contributed by atoms with Gasteiger partial charge in [0.15, 0.2) is 0 Å². The molecule has 0 aromatic heterocycles. The lowest BCUT2D eigenvalue weighted by atomic mass is 9.95. The Labute approximate surface area is 199 Å². The second-order valence-electron chi connectivity index (χ2n) is 8.76. The van der Waals surface area contributed by atoms with E-state index >= 15 is 0 Å². The summed E-state index contributed by atoms with van der Waals surface area (Å²) in [6, 6.07) is 19.4. The summed E-state index contributed by atoms with van der Waals surface area (Å²) in [6.45, 7) is 6.53. The number of halogens is 1. The van der Waals surface area contributed by atoms with E-state index in [1.165, 1.54) is 10.5 Å². The molecule has 4 nitrogen and oxygen atoms in total. The van der Waals surface area contributed by atoms with Gasteiger partial charge in [-0.15, -0.1) is 0 Å². The van der Waals surface area contributed by atoms with Crippen molar-refractivity contribution in [2.45, 2.75) is 33.6 Å². The molecule has 0 aliphatic carbocycles. The summed E-state index contributed by atoms with van der Waals surface area (Å²) < 4.78 is 0. The number of fused-ring (bicyclic) bond motifs is 1. The van der Waals surface area contributed by atoms with Gasteiger partial charge in [0.2, 0.25) is 0 Å². The van der Waals surface area contributed by atoms with Gasteiger partial charge in [-0.3, -0.25) is 9.59 Å². The molecule has 0 fully saturated rings. The van der Waals surface area contributed by atoms with E-state index < -0.39 is 0 Å². The van der Waals surface area contributed by atoms with Crippen molar-refractivity contribution in [2.24, 2.45) is 0 Å². The lowest BCUT2D eigenvalue weighted by Gasteiger charge is -2.32. The molecule has 3 aromatic rings. The van der Waals surface area contributed by atoms with Crippen molar-refractivity contribution in [3.05, 3.63) is 99.2 Å². The van der Waals surface area contributed by atoms with Gasteiger partial charge in [-0.2, -0.15) is 0 Å². The fourth-order valence-electron chi connectivity index (χ4n) is 4.93. The van der Waals surface area contributed by atoms with E-state index in [4.69, 9.17) is 11.6 Å². The molecule has 3 aromatic carbocycles. The van der Waals surface area contributed by atoms with E-state index in [2.05, 4.69) is 12.1 Å². The Kier molecular flexibility index (Phi) is 5.34. The highest BCUT2D eigenvalue weighted by atomic mass is 35.5. The van der Waals surface area contributed by atoms with Gasteiger partial charge >= 0.3 is 0 Å². The standard InChI is InChI=1S/C28H25ClN2O2/c1-17-13-14-21(18(2)16-17)25-26(30-15-7-9-20-8-4-5-11-24(20)30)28(33)31(27(25)32)23-12-6-10-22(29)19(23)3/h4-6,8,10-14,16H,7,9,15H2,1-3H3. The van der Waals surface area contributed by atoms with Crippen LogP contribution in [0, 0.1) is 20.8 Å². The first-order chi connectivity index (χ1) is 15.9. The molecule has 2 amide bonds. The monoisotopic (exact) mass is 456 g/mol. The second-order valence-corrected chi connectivity index (χ2v) is 9.16. The number of rotatable bonds is 3. The fraction of sp³-hybridized carbons (Fsp3) is 0.214. The summed E-state index contributed by atoms with van der Waals surface area (Å²) in [4.78, 5) is 31.3. The molecule has 33 heavy (non-hydrogen) atoms. The third kappa shape index (κ3) is 3.46. The molecule has 0 bridgehead atoms. The van der Waals surface area contributed by atoms with E-state index in [0.717, 1.165) is 35.2 Å². The van der Waals surface area contributed by atoms with Crippen molar-refractivity contribution in [1.82, 2.24) is 0 Å². The molecular formula is C28H25ClN2O2. The first-order valence-corrected chi connectivity index (χ1v) is 11.6. The van der Waals surface area contributed by atoms with Crippen LogP contribution in [-0.2, 0) is 16.0 Å². The number of aryl methyl sites for hydroxylation is 3. The first kappa shape index (κ1) is 21.5. The number of benzene rings is 3. The Morgan fingerprint density at radius 1 is 0.848 bits per heavy atom. The Bertz CT molecular complexity index is 1340. The van der Waals surface area contributed by atoms with E-state index in [1.54, 1.807) is 18.2 Å². The third-order valence-corrected chi connectivity index (χ3v) is 6.98. The topological polar surface area (TPSA) is 40.6 Å². The van der Waals surface area contributed by atoms with E-state index in [9.17, 15) is 9.59 Å². The number of anilines is 2. The third-order valence-electron chi connectivity index (χ3n) is 6.57. The zero-order valence-electron chi connectivity index (χ0n) is 19.0. The van der Waals surface area contributed by atoms with Crippen molar-refractivity contribution in [3.8, 4) is 0 Å². The molecule has 5 rings (SSSR count). The summed E-state index contributed by atoms with van der Waals surface area (Å²) in [5.74, 6) is -0.618. The molecule has 2 aliphatic heterocycles. The van der Waals surface area contributed by atoms with Gasteiger partial charge in [-0.1, -0.05) is 59.6 Å². The van der Waals surface area contributed by atoms with Gasteiger partial charge in [0, 0.05) is 17.3 Å². The van der Waals surface area contributed by atoms with E-state index in [0.29, 0.717) is 34.1 Å². The van der Waals surface area contributed by atoms with Crippen LogP contribution in [0.3, 0.4) is 0 Å². The van der Waals surface area contributed by atoms with Gasteiger partial charge in [0.05, 0.1) is 11.3 Å². The molecule has 0 radical (unpaired) electrons. The molecule has 5 heteroatoms. The van der Waals surface area contributed by atoms with Crippen LogP contribution >= 0.6 is 11.6 Å². The highest BCUT2D eigenvalue weighted by molar-refractivity contribution is 6.47. The number of para-hydroxylation sites is 1. The first-order valence-electron chi connectivity index (χ1n) is 11.2. The average Bonchev–Trinajstić information content (AvgIpc) is 3.05. The molecule has 0 atom stereocenters. The lowest BCUT2D eigenvalue weighted by molar-refractivity contribution is -0.120. The van der Waals surface area contributed by atoms with Crippen molar-refractivity contribution in [1.29, 1.82) is 0 Å². The predicted molar refractivity (Wildman–Crippen MR) is 134 cm³/mol. The minimum absolute atomic E-state index is 0.308. The van der Waals surface area contributed by atoms with E-state index in [1.807, 2.05) is 56.0 Å². The maximum Gasteiger partial charge on any atom is 0.282 e. The smallest absolute Gasteiger partial charge is 0.282 e. The SMILES string of the molecule is Cc1ccc(C2=C(N3CCCc4ccccc43)C(=O)N(c3cccc(Cl)c3C)C2=O)c(C)c1. The molecule has 0 saturated heterocycles. The van der Waals surface area contributed by atoms with Crippen molar-refractivity contribution < 1.29 is 9.59 Å². The van der Waals surface area contributed by atoms with Gasteiger partial charge in [-0.05, 0) is 74.1 Å². The zero-order valence-corrected chi connectivity index (χ0v) is 19.7. The highest BCUT2D eigenvalue weighted by Crippen LogP contribution is 2.41. The molecule has 0 spiro atoms. The normalized spacial score (nSPS) is 16.0. The number of imide groups is 1. The lowest BCUT2D eigenvalue weighted by Crippen LogP contribution is -2.37. The van der Waals surface area contributed by atoms with Crippen molar-refractivity contribution in [3.63, 3.8) is 0 Å². The quantitative estimate of drug-likeness (QED) is 0.453. The number of hydrogen-bond acceptors (Lipinski definition) is 3. The Morgan fingerprint density at radius 3 is 2.39 bits per heavy atom. The van der Waals surface area contributed by atoms with Crippen LogP contribution in [0.15, 0.2) is 66.4 Å². The minimum atomic E-state index is -0.310. The zero-order chi connectivity index (χ0) is 23.3. The molecule has 166 valence electrons. The molecular weight excluding hydrogens is 432 g/mol. The maximum atomic E-state index is 14.0. The summed E-state index contributed by atoms with van der Waals surface area (Å²) in [7, 11) is 0. The molecule has 2 aliphatic rings. The van der Waals surface area contributed by atoms with Crippen LogP contribution in [-0.4, -0.2) is 18.4 Å². The van der Waals surface area contributed by atoms with Crippen LogP contribution in [0.1, 0.15) is 34.2 Å². The van der Waals surface area contributed by atoms with Crippen LogP contribution in [0.4, 0.5) is 11.4 Å². The maximum absolute atomic E-state index is 14.0. The van der Waals surface area contributed by atoms with Crippen LogP contribution in [0.25, 0.3) is 5.57 Å². The number of hydrogen-bond donors (Lipinski definition) is 0. The number of carbonyl (C=O) groups excluding carboxylic acids is 2. The summed E-state index contributed by atoms with van der Waals surface area (Å²) in [5.41, 5.74) is 7.19. The second kappa shape index (κ2) is 8.20. The number of amides is 2. The Balaban J connectivity index is 1.75. The summed E-state index contributed by atoms with van der Waals surface area (Å²) in [5, 5.41) is 0.526. The van der Waals surface area contributed by atoms with Gasteiger partial charge in [-0.25, -0.2) is 4.90 Å². The summed E-state index contributed by atoms with van der Waals surface area (Å²) in [6.07, 6.45) is 1.87. The van der Waals surface area contributed by atoms with E-state index in [-0.39, 0.29) is 11.8 Å². The molecule has 2 heterocycles. The highest BCUT2D eigenvalue weighted by Gasteiger charge is 2.44. The molecule has 0 unspecified atom stereocenters. The molecule has 0 N–H and O–H groups in total. The van der Waals surface area contributed by atoms with Crippen molar-refractivity contribution >= 4 is 40.4 Å².